The molecule has 0 atom stereocenters. The third kappa shape index (κ3) is 3.64. The quantitative estimate of drug-likeness (QED) is 0.724. The molecule has 0 radical (unpaired) electrons. The molecule has 0 bridgehead atoms. The maximum atomic E-state index is 12.9. The lowest BCUT2D eigenvalue weighted by Crippen LogP contribution is -2.49. The summed E-state index contributed by atoms with van der Waals surface area (Å²) >= 11 is 0. The monoisotopic (exact) mass is 411 g/mol. The van der Waals surface area contributed by atoms with Crippen LogP contribution >= 0.6 is 0 Å². The standard InChI is InChI=1S/C20H25N7O3/c1-3-14-6-8-20(9-7-14)18(29)26(19(30)23-20)11-17(28)22-15-4-5-16(13(2)10-15)27-12-21-24-25-27/h4-5,10,12,14H,3,6-9,11H2,1-2H3,(H,22,28)(H,23,30). The number of carbonyl (C=O) groups is 3. The molecule has 158 valence electrons. The van der Waals surface area contributed by atoms with E-state index in [1.807, 2.05) is 6.92 Å². The summed E-state index contributed by atoms with van der Waals surface area (Å²) < 4.78 is 1.53. The van der Waals surface area contributed by atoms with E-state index in [1.165, 1.54) is 11.0 Å². The zero-order valence-electron chi connectivity index (χ0n) is 17.1. The van der Waals surface area contributed by atoms with Crippen LogP contribution in [0.15, 0.2) is 24.5 Å². The zero-order valence-corrected chi connectivity index (χ0v) is 17.1. The fourth-order valence-electron chi connectivity index (χ4n) is 4.34. The number of tetrazole rings is 1. The van der Waals surface area contributed by atoms with E-state index in [0.29, 0.717) is 24.4 Å². The van der Waals surface area contributed by atoms with Crippen LogP contribution in [0, 0.1) is 12.8 Å². The second-order valence-electron chi connectivity index (χ2n) is 8.06. The smallest absolute Gasteiger partial charge is 0.325 e. The molecule has 1 aromatic carbocycles. The van der Waals surface area contributed by atoms with Crippen LogP contribution < -0.4 is 10.6 Å². The molecule has 1 saturated heterocycles. The second-order valence-corrected chi connectivity index (χ2v) is 8.06. The summed E-state index contributed by atoms with van der Waals surface area (Å²) in [7, 11) is 0. The summed E-state index contributed by atoms with van der Waals surface area (Å²) in [4.78, 5) is 38.9. The molecule has 2 N–H and O–H groups in total. The predicted molar refractivity (Wildman–Crippen MR) is 108 cm³/mol. The van der Waals surface area contributed by atoms with E-state index in [2.05, 4.69) is 33.1 Å². The number of anilines is 1. The largest absolute Gasteiger partial charge is 0.325 e. The first kappa shape index (κ1) is 20.0. The minimum atomic E-state index is -0.840. The van der Waals surface area contributed by atoms with E-state index in [-0.39, 0.29) is 12.5 Å². The highest BCUT2D eigenvalue weighted by Crippen LogP contribution is 2.37. The van der Waals surface area contributed by atoms with Crippen molar-refractivity contribution in [1.82, 2.24) is 30.4 Å². The first-order valence-corrected chi connectivity index (χ1v) is 10.2. The Morgan fingerprint density at radius 1 is 1.30 bits per heavy atom. The van der Waals surface area contributed by atoms with Crippen molar-refractivity contribution < 1.29 is 14.4 Å². The number of rotatable bonds is 5. The Balaban J connectivity index is 1.40. The zero-order chi connectivity index (χ0) is 21.3. The van der Waals surface area contributed by atoms with Crippen molar-refractivity contribution in [2.75, 3.05) is 11.9 Å². The Kier molecular flexibility index (Phi) is 5.23. The van der Waals surface area contributed by atoms with Crippen molar-refractivity contribution in [2.24, 2.45) is 5.92 Å². The van der Waals surface area contributed by atoms with E-state index in [1.54, 1.807) is 18.2 Å². The van der Waals surface area contributed by atoms with Gasteiger partial charge in [-0.3, -0.25) is 14.5 Å². The minimum absolute atomic E-state index is 0.289. The van der Waals surface area contributed by atoms with Gasteiger partial charge in [-0.15, -0.1) is 5.10 Å². The lowest BCUT2D eigenvalue weighted by Gasteiger charge is -2.34. The molecule has 30 heavy (non-hydrogen) atoms. The van der Waals surface area contributed by atoms with Gasteiger partial charge in [0.15, 0.2) is 0 Å². The molecule has 2 aliphatic rings. The number of hydrogen-bond acceptors (Lipinski definition) is 6. The lowest BCUT2D eigenvalue weighted by molar-refractivity contribution is -0.135. The summed E-state index contributed by atoms with van der Waals surface area (Å²) in [5.41, 5.74) is 1.38. The van der Waals surface area contributed by atoms with Crippen LogP contribution in [-0.4, -0.2) is 55.0 Å². The van der Waals surface area contributed by atoms with Gasteiger partial charge in [-0.05, 0) is 72.7 Å². The van der Waals surface area contributed by atoms with Gasteiger partial charge in [-0.2, -0.15) is 0 Å². The van der Waals surface area contributed by atoms with Crippen LogP contribution in [0.4, 0.5) is 10.5 Å². The number of carbonyl (C=O) groups excluding carboxylic acids is 3. The molecular weight excluding hydrogens is 386 g/mol. The number of aryl methyl sites for hydroxylation is 1. The Hall–Kier alpha value is -3.30. The highest BCUT2D eigenvalue weighted by atomic mass is 16.2. The van der Waals surface area contributed by atoms with E-state index in [0.717, 1.165) is 35.4 Å². The van der Waals surface area contributed by atoms with Crippen molar-refractivity contribution in [3.8, 4) is 5.69 Å². The molecule has 0 unspecified atom stereocenters. The normalized spacial score (nSPS) is 23.7. The number of imide groups is 1. The van der Waals surface area contributed by atoms with Crippen LogP contribution in [0.1, 0.15) is 44.6 Å². The first-order chi connectivity index (χ1) is 14.4. The molecule has 10 nitrogen and oxygen atoms in total. The number of aromatic nitrogens is 4. The van der Waals surface area contributed by atoms with E-state index in [4.69, 9.17) is 0 Å². The molecule has 2 aromatic rings. The van der Waals surface area contributed by atoms with Gasteiger partial charge in [-0.1, -0.05) is 13.3 Å². The highest BCUT2D eigenvalue weighted by Gasteiger charge is 2.52. The van der Waals surface area contributed by atoms with Gasteiger partial charge in [0.25, 0.3) is 5.91 Å². The van der Waals surface area contributed by atoms with E-state index >= 15 is 0 Å². The van der Waals surface area contributed by atoms with Crippen molar-refractivity contribution in [3.05, 3.63) is 30.1 Å². The molecular formula is C20H25N7O3. The highest BCUT2D eigenvalue weighted by molar-refractivity contribution is 6.10. The number of urea groups is 1. The number of amides is 4. The third-order valence-electron chi connectivity index (χ3n) is 6.16. The molecule has 1 aliphatic heterocycles. The van der Waals surface area contributed by atoms with Gasteiger partial charge in [0.1, 0.15) is 18.4 Å². The van der Waals surface area contributed by atoms with Gasteiger partial charge in [-0.25, -0.2) is 9.48 Å². The summed E-state index contributed by atoms with van der Waals surface area (Å²) in [5, 5.41) is 16.7. The average molecular weight is 411 g/mol. The number of hydrogen-bond donors (Lipinski definition) is 2. The third-order valence-corrected chi connectivity index (χ3v) is 6.16. The van der Waals surface area contributed by atoms with Crippen molar-refractivity contribution in [2.45, 2.75) is 51.5 Å². The van der Waals surface area contributed by atoms with Crippen molar-refractivity contribution >= 4 is 23.5 Å². The molecule has 1 aliphatic carbocycles. The Bertz CT molecular complexity index is 965. The summed E-state index contributed by atoms with van der Waals surface area (Å²) in [6.07, 6.45) is 5.65. The van der Waals surface area contributed by atoms with Crippen molar-refractivity contribution in [1.29, 1.82) is 0 Å². The predicted octanol–water partition coefficient (Wildman–Crippen LogP) is 1.80. The lowest BCUT2D eigenvalue weighted by atomic mass is 9.75. The number of nitrogens with one attached hydrogen (secondary N) is 2. The molecule has 1 aromatic heterocycles. The first-order valence-electron chi connectivity index (χ1n) is 10.2. The van der Waals surface area contributed by atoms with E-state index in [9.17, 15) is 14.4 Å². The maximum absolute atomic E-state index is 12.9. The minimum Gasteiger partial charge on any atom is -0.325 e. The van der Waals surface area contributed by atoms with Crippen LogP contribution in [0.2, 0.25) is 0 Å². The number of nitrogens with zero attached hydrogens (tertiary/aromatic N) is 5. The van der Waals surface area contributed by atoms with Gasteiger partial charge in [0.05, 0.1) is 5.69 Å². The van der Waals surface area contributed by atoms with Crippen LogP contribution in [0.3, 0.4) is 0 Å². The second kappa shape index (κ2) is 7.85. The Labute approximate surface area is 174 Å². The molecule has 2 heterocycles. The summed E-state index contributed by atoms with van der Waals surface area (Å²) in [6.45, 7) is 3.71. The van der Waals surface area contributed by atoms with Crippen LogP contribution in [-0.2, 0) is 9.59 Å². The topological polar surface area (TPSA) is 122 Å². The van der Waals surface area contributed by atoms with Gasteiger partial charge in [0, 0.05) is 5.69 Å². The van der Waals surface area contributed by atoms with Crippen molar-refractivity contribution in [3.63, 3.8) is 0 Å². The Morgan fingerprint density at radius 2 is 2.07 bits per heavy atom. The molecule has 2 fully saturated rings. The molecule has 4 amide bonds. The van der Waals surface area contributed by atoms with Crippen LogP contribution in [0.25, 0.3) is 5.69 Å². The fourth-order valence-corrected chi connectivity index (χ4v) is 4.34. The van der Waals surface area contributed by atoms with Gasteiger partial charge >= 0.3 is 6.03 Å². The summed E-state index contributed by atoms with van der Waals surface area (Å²) in [5.74, 6) is -0.119. The molecule has 1 saturated carbocycles. The van der Waals surface area contributed by atoms with Crippen LogP contribution in [0.5, 0.6) is 0 Å². The molecule has 1 spiro atoms. The maximum Gasteiger partial charge on any atom is 0.325 e. The average Bonchev–Trinajstić information content (AvgIpc) is 3.33. The Morgan fingerprint density at radius 3 is 2.70 bits per heavy atom. The van der Waals surface area contributed by atoms with Gasteiger partial charge in [0.2, 0.25) is 5.91 Å². The molecule has 10 heteroatoms. The number of benzene rings is 1. The van der Waals surface area contributed by atoms with E-state index < -0.39 is 17.5 Å². The SMILES string of the molecule is CCC1CCC2(CC1)NC(=O)N(CC(=O)Nc1ccc(-n3cnnn3)c(C)c1)C2=O. The molecule has 4 rings (SSSR count). The summed E-state index contributed by atoms with van der Waals surface area (Å²) in [6, 6.07) is 4.81. The fraction of sp³-hybridized carbons (Fsp3) is 0.500. The van der Waals surface area contributed by atoms with Gasteiger partial charge < -0.3 is 10.6 Å².